The lowest BCUT2D eigenvalue weighted by atomic mass is 10.1. The summed E-state index contributed by atoms with van der Waals surface area (Å²) in [6.07, 6.45) is 1.90. The normalized spacial score (nSPS) is 12.0. The highest BCUT2D eigenvalue weighted by atomic mass is 32.1. The Balaban J connectivity index is 1.91. The van der Waals surface area contributed by atoms with Crippen molar-refractivity contribution in [1.29, 1.82) is 0 Å². The van der Waals surface area contributed by atoms with Crippen LogP contribution in [0.15, 0.2) is 64.2 Å². The van der Waals surface area contributed by atoms with Crippen LogP contribution in [0.3, 0.4) is 0 Å². The second kappa shape index (κ2) is 6.89. The smallest absolute Gasteiger partial charge is 0.267 e. The van der Waals surface area contributed by atoms with Gasteiger partial charge in [-0.05, 0) is 24.6 Å². The molecule has 0 saturated heterocycles. The predicted octanol–water partition coefficient (Wildman–Crippen LogP) is 2.70. The van der Waals surface area contributed by atoms with Crippen molar-refractivity contribution in [2.24, 2.45) is 0 Å². The molecule has 0 N–H and O–H groups in total. The SMILES string of the molecule is Cc1c(Cc2ccccc2)c(=O)nc2sc(=Cc3ccccc3F)c(=O)n12. The number of aromatic nitrogens is 2. The molecule has 0 bridgehead atoms. The topological polar surface area (TPSA) is 51.4 Å². The van der Waals surface area contributed by atoms with E-state index >= 15 is 0 Å². The van der Waals surface area contributed by atoms with Crippen LogP contribution in [0, 0.1) is 12.7 Å². The van der Waals surface area contributed by atoms with Crippen molar-refractivity contribution in [3.05, 3.63) is 108 Å². The third kappa shape index (κ3) is 3.19. The lowest BCUT2D eigenvalue weighted by Crippen LogP contribution is -2.27. The molecule has 0 spiro atoms. The fourth-order valence-electron chi connectivity index (χ4n) is 3.03. The van der Waals surface area contributed by atoms with Gasteiger partial charge in [0, 0.05) is 23.2 Å². The minimum Gasteiger partial charge on any atom is -0.267 e. The number of nitrogens with zero attached hydrogens (tertiary/aromatic N) is 2. The second-order valence-electron chi connectivity index (χ2n) is 6.20. The largest absolute Gasteiger partial charge is 0.277 e. The first-order valence-corrected chi connectivity index (χ1v) is 9.21. The van der Waals surface area contributed by atoms with E-state index in [1.54, 1.807) is 25.1 Å². The van der Waals surface area contributed by atoms with Gasteiger partial charge in [0.1, 0.15) is 5.82 Å². The van der Waals surface area contributed by atoms with Crippen LogP contribution in [0.4, 0.5) is 4.39 Å². The maximum atomic E-state index is 13.9. The van der Waals surface area contributed by atoms with Gasteiger partial charge in [0.15, 0.2) is 0 Å². The van der Waals surface area contributed by atoms with E-state index in [4.69, 9.17) is 0 Å². The fourth-order valence-corrected chi connectivity index (χ4v) is 4.03. The highest BCUT2D eigenvalue weighted by Crippen LogP contribution is 2.12. The van der Waals surface area contributed by atoms with Gasteiger partial charge < -0.3 is 0 Å². The summed E-state index contributed by atoms with van der Waals surface area (Å²) in [6, 6.07) is 15.8. The van der Waals surface area contributed by atoms with Crippen molar-refractivity contribution in [3.8, 4) is 0 Å². The van der Waals surface area contributed by atoms with E-state index < -0.39 is 5.82 Å². The minimum atomic E-state index is -0.404. The van der Waals surface area contributed by atoms with E-state index in [1.165, 1.54) is 16.5 Å². The molecular formula is C21H15FN2O2S. The van der Waals surface area contributed by atoms with Gasteiger partial charge in [-0.2, -0.15) is 4.98 Å². The van der Waals surface area contributed by atoms with Crippen molar-refractivity contribution < 1.29 is 4.39 Å². The molecule has 2 heterocycles. The molecular weight excluding hydrogens is 363 g/mol. The molecule has 4 nitrogen and oxygen atoms in total. The van der Waals surface area contributed by atoms with Crippen LogP contribution in [-0.2, 0) is 6.42 Å². The predicted molar refractivity (Wildman–Crippen MR) is 105 cm³/mol. The van der Waals surface area contributed by atoms with Gasteiger partial charge in [-0.15, -0.1) is 0 Å². The first-order chi connectivity index (χ1) is 13.0. The van der Waals surface area contributed by atoms with Gasteiger partial charge in [-0.1, -0.05) is 59.9 Å². The molecule has 0 aliphatic heterocycles. The molecule has 134 valence electrons. The van der Waals surface area contributed by atoms with E-state index in [2.05, 4.69) is 4.98 Å². The summed E-state index contributed by atoms with van der Waals surface area (Å²) < 4.78 is 15.7. The van der Waals surface area contributed by atoms with Crippen LogP contribution in [0.2, 0.25) is 0 Å². The van der Waals surface area contributed by atoms with Gasteiger partial charge in [-0.3, -0.25) is 14.0 Å². The van der Waals surface area contributed by atoms with Gasteiger partial charge in [0.05, 0.1) is 4.53 Å². The number of aryl methyl sites for hydroxylation is 1. The van der Waals surface area contributed by atoms with Crippen molar-refractivity contribution in [1.82, 2.24) is 9.38 Å². The second-order valence-corrected chi connectivity index (χ2v) is 7.21. The van der Waals surface area contributed by atoms with Crippen LogP contribution in [0.5, 0.6) is 0 Å². The van der Waals surface area contributed by atoms with Gasteiger partial charge in [0.25, 0.3) is 11.1 Å². The van der Waals surface area contributed by atoms with Gasteiger partial charge in [-0.25, -0.2) is 4.39 Å². The summed E-state index contributed by atoms with van der Waals surface area (Å²) in [4.78, 5) is 29.8. The Kier molecular flexibility index (Phi) is 4.41. The van der Waals surface area contributed by atoms with E-state index in [0.29, 0.717) is 32.7 Å². The van der Waals surface area contributed by atoms with Crippen molar-refractivity contribution in [3.63, 3.8) is 0 Å². The Labute approximate surface area is 157 Å². The van der Waals surface area contributed by atoms with Crippen LogP contribution in [-0.4, -0.2) is 9.38 Å². The first-order valence-electron chi connectivity index (χ1n) is 8.40. The zero-order valence-corrected chi connectivity index (χ0v) is 15.3. The van der Waals surface area contributed by atoms with Crippen molar-refractivity contribution in [2.45, 2.75) is 13.3 Å². The summed E-state index contributed by atoms with van der Waals surface area (Å²) in [5.41, 5.74) is 1.73. The lowest BCUT2D eigenvalue weighted by molar-refractivity contribution is 0.625. The Morgan fingerprint density at radius 2 is 1.78 bits per heavy atom. The number of thiazole rings is 1. The van der Waals surface area contributed by atoms with Crippen molar-refractivity contribution in [2.75, 3.05) is 0 Å². The maximum absolute atomic E-state index is 13.9. The van der Waals surface area contributed by atoms with Crippen LogP contribution >= 0.6 is 11.3 Å². The first kappa shape index (κ1) is 17.3. The lowest BCUT2D eigenvalue weighted by Gasteiger charge is -2.06. The standard InChI is InChI=1S/C21H15FN2O2S/c1-13-16(11-14-7-3-2-4-8-14)19(25)23-21-24(13)20(26)18(27-21)12-15-9-5-6-10-17(15)22/h2-10,12H,11H2,1H3. The van der Waals surface area contributed by atoms with E-state index in [0.717, 1.165) is 16.9 Å². The molecule has 4 rings (SSSR count). The third-order valence-corrected chi connectivity index (χ3v) is 5.42. The van der Waals surface area contributed by atoms with Crippen LogP contribution in [0.25, 0.3) is 11.0 Å². The molecule has 6 heteroatoms. The van der Waals surface area contributed by atoms with Crippen molar-refractivity contribution >= 4 is 22.4 Å². The van der Waals surface area contributed by atoms with Gasteiger partial charge >= 0.3 is 0 Å². The number of rotatable bonds is 3. The molecule has 0 unspecified atom stereocenters. The number of benzene rings is 2. The Morgan fingerprint density at radius 1 is 1.07 bits per heavy atom. The Hall–Kier alpha value is -3.12. The Bertz CT molecular complexity index is 1310. The van der Waals surface area contributed by atoms with E-state index in [9.17, 15) is 14.0 Å². The molecule has 4 aromatic rings. The molecule has 2 aromatic heterocycles. The molecule has 0 aliphatic carbocycles. The fraction of sp³-hybridized carbons (Fsp3) is 0.0952. The quantitative estimate of drug-likeness (QED) is 0.551. The molecule has 27 heavy (non-hydrogen) atoms. The highest BCUT2D eigenvalue weighted by molar-refractivity contribution is 7.15. The van der Waals surface area contributed by atoms with E-state index in [1.807, 2.05) is 30.3 Å². The number of halogens is 1. The summed E-state index contributed by atoms with van der Waals surface area (Å²) in [7, 11) is 0. The summed E-state index contributed by atoms with van der Waals surface area (Å²) in [5.74, 6) is -0.404. The zero-order chi connectivity index (χ0) is 19.0. The van der Waals surface area contributed by atoms with Crippen LogP contribution < -0.4 is 15.7 Å². The Morgan fingerprint density at radius 3 is 2.52 bits per heavy atom. The van der Waals surface area contributed by atoms with E-state index in [-0.39, 0.29) is 11.1 Å². The molecule has 0 amide bonds. The summed E-state index contributed by atoms with van der Waals surface area (Å²) in [6.45, 7) is 1.75. The third-order valence-electron chi connectivity index (χ3n) is 4.45. The van der Waals surface area contributed by atoms with Crippen LogP contribution in [0.1, 0.15) is 22.4 Å². The highest BCUT2D eigenvalue weighted by Gasteiger charge is 2.15. The summed E-state index contributed by atoms with van der Waals surface area (Å²) in [5, 5.41) is 0. The average Bonchev–Trinajstić information content (AvgIpc) is 2.97. The average molecular weight is 378 g/mol. The molecule has 0 fully saturated rings. The molecule has 0 radical (unpaired) electrons. The summed E-state index contributed by atoms with van der Waals surface area (Å²) >= 11 is 1.09. The zero-order valence-electron chi connectivity index (χ0n) is 14.5. The monoisotopic (exact) mass is 378 g/mol. The number of hydrogen-bond acceptors (Lipinski definition) is 4. The molecule has 2 aromatic carbocycles. The maximum Gasteiger partial charge on any atom is 0.277 e. The van der Waals surface area contributed by atoms with Gasteiger partial charge in [0.2, 0.25) is 4.96 Å². The molecule has 0 atom stereocenters. The minimum absolute atomic E-state index is 0.294. The number of hydrogen-bond donors (Lipinski definition) is 0. The molecule has 0 aliphatic rings. The number of fused-ring (bicyclic) bond motifs is 1. The molecule has 0 saturated carbocycles.